The summed E-state index contributed by atoms with van der Waals surface area (Å²) in [5, 5.41) is 7.58. The highest BCUT2D eigenvalue weighted by Gasteiger charge is 2.33. The second-order valence-corrected chi connectivity index (χ2v) is 8.41. The van der Waals surface area contributed by atoms with Crippen molar-refractivity contribution in [2.24, 2.45) is 5.14 Å². The zero-order chi connectivity index (χ0) is 18.1. The highest BCUT2D eigenvalue weighted by atomic mass is 32.2. The molecular formula is C14H15N3O4S3. The number of nitrogens with one attached hydrogen (secondary N) is 1. The number of rotatable bonds is 4. The van der Waals surface area contributed by atoms with Gasteiger partial charge in [0.15, 0.2) is 0 Å². The van der Waals surface area contributed by atoms with Crippen molar-refractivity contribution < 1.29 is 18.0 Å². The van der Waals surface area contributed by atoms with Gasteiger partial charge in [-0.3, -0.25) is 14.5 Å². The number of anilines is 1. The van der Waals surface area contributed by atoms with Crippen molar-refractivity contribution in [2.45, 2.75) is 18.7 Å². The monoisotopic (exact) mass is 385 g/mol. The second kappa shape index (κ2) is 7.01. The summed E-state index contributed by atoms with van der Waals surface area (Å²) in [5.41, 5.74) is 1.23. The number of hydrogen-bond acceptors (Lipinski definition) is 6. The van der Waals surface area contributed by atoms with Crippen LogP contribution in [0.4, 0.5) is 5.69 Å². The van der Waals surface area contributed by atoms with Crippen molar-refractivity contribution in [1.82, 2.24) is 4.90 Å². The molecular weight excluding hydrogens is 370 g/mol. The quantitative estimate of drug-likeness (QED) is 0.599. The van der Waals surface area contributed by atoms with Gasteiger partial charge in [0.1, 0.15) is 10.9 Å². The molecule has 24 heavy (non-hydrogen) atoms. The van der Waals surface area contributed by atoms with Crippen LogP contribution in [0.2, 0.25) is 0 Å². The summed E-state index contributed by atoms with van der Waals surface area (Å²) in [6.07, 6.45) is 0. The third-order valence-electron chi connectivity index (χ3n) is 3.07. The summed E-state index contributed by atoms with van der Waals surface area (Å²) in [6.45, 7) is 3.40. The van der Waals surface area contributed by atoms with Gasteiger partial charge in [-0.05, 0) is 38.1 Å². The van der Waals surface area contributed by atoms with E-state index in [2.05, 4.69) is 5.32 Å². The number of nitrogens with two attached hydrogens (primary N) is 1. The molecule has 1 aromatic carbocycles. The Morgan fingerprint density at radius 3 is 2.33 bits per heavy atom. The van der Waals surface area contributed by atoms with Crippen LogP contribution in [0.25, 0.3) is 0 Å². The van der Waals surface area contributed by atoms with Crippen LogP contribution in [0.15, 0.2) is 39.6 Å². The fraction of sp³-hybridized carbons (Fsp3) is 0.214. The zero-order valence-electron chi connectivity index (χ0n) is 12.9. The van der Waals surface area contributed by atoms with Gasteiger partial charge in [-0.1, -0.05) is 29.6 Å². The average Bonchev–Trinajstić information content (AvgIpc) is 2.75. The summed E-state index contributed by atoms with van der Waals surface area (Å²) < 4.78 is 22.7. The van der Waals surface area contributed by atoms with E-state index in [4.69, 9.17) is 17.4 Å². The van der Waals surface area contributed by atoms with Crippen LogP contribution >= 0.6 is 24.0 Å². The average molecular weight is 385 g/mol. The molecule has 1 fully saturated rings. The minimum Gasteiger partial charge on any atom is -0.325 e. The molecule has 10 heteroatoms. The van der Waals surface area contributed by atoms with Gasteiger partial charge in [0.2, 0.25) is 15.9 Å². The topological polar surface area (TPSA) is 110 Å². The molecule has 1 aliphatic heterocycles. The van der Waals surface area contributed by atoms with E-state index >= 15 is 0 Å². The minimum absolute atomic E-state index is 0.0546. The molecule has 0 spiro atoms. The van der Waals surface area contributed by atoms with Gasteiger partial charge in [-0.15, -0.1) is 0 Å². The fourth-order valence-electron chi connectivity index (χ4n) is 1.92. The number of amides is 2. The van der Waals surface area contributed by atoms with Gasteiger partial charge in [0.25, 0.3) is 5.91 Å². The van der Waals surface area contributed by atoms with E-state index in [0.717, 1.165) is 5.57 Å². The number of primary sulfonamides is 1. The summed E-state index contributed by atoms with van der Waals surface area (Å²) in [7, 11) is -3.79. The molecule has 2 rings (SSSR count). The first-order valence-electron chi connectivity index (χ1n) is 6.73. The number of thiocarbonyl (C=S) groups is 1. The molecule has 1 heterocycles. The van der Waals surface area contributed by atoms with Crippen molar-refractivity contribution in [2.75, 3.05) is 11.9 Å². The van der Waals surface area contributed by atoms with Gasteiger partial charge < -0.3 is 5.32 Å². The molecule has 2 amide bonds. The third kappa shape index (κ3) is 4.20. The minimum atomic E-state index is -3.79. The maximum atomic E-state index is 12.2. The molecule has 128 valence electrons. The maximum Gasteiger partial charge on any atom is 0.266 e. The molecule has 0 unspecified atom stereocenters. The predicted octanol–water partition coefficient (Wildman–Crippen LogP) is 1.43. The van der Waals surface area contributed by atoms with Crippen LogP contribution in [0.1, 0.15) is 13.8 Å². The van der Waals surface area contributed by atoms with E-state index in [1.807, 2.05) is 0 Å². The molecule has 0 aliphatic carbocycles. The first-order chi connectivity index (χ1) is 11.1. The fourth-order valence-corrected chi connectivity index (χ4v) is 3.66. The lowest BCUT2D eigenvalue weighted by Crippen LogP contribution is -2.36. The molecule has 0 aromatic heterocycles. The standard InChI is InChI=1S/C14H15N3O4S3/c1-8(2)12-13(19)17(14(22)23-12)7-11(18)16-9-3-5-10(6-4-9)24(15,20)21/h3-6H,7H2,1-2H3,(H,16,18)(H2,15,20,21). The zero-order valence-corrected chi connectivity index (χ0v) is 15.3. The lowest BCUT2D eigenvalue weighted by Gasteiger charge is -2.14. The molecule has 1 saturated heterocycles. The molecule has 0 saturated carbocycles. The largest absolute Gasteiger partial charge is 0.325 e. The predicted molar refractivity (Wildman–Crippen MR) is 96.7 cm³/mol. The van der Waals surface area contributed by atoms with Gasteiger partial charge in [0, 0.05) is 5.69 Å². The van der Waals surface area contributed by atoms with E-state index in [-0.39, 0.29) is 17.3 Å². The Balaban J connectivity index is 2.05. The van der Waals surface area contributed by atoms with E-state index in [1.54, 1.807) is 13.8 Å². The van der Waals surface area contributed by atoms with Crippen LogP contribution in [-0.4, -0.2) is 36.0 Å². The van der Waals surface area contributed by atoms with Crippen LogP contribution in [0.5, 0.6) is 0 Å². The summed E-state index contributed by atoms with van der Waals surface area (Å²) in [5.74, 6) is -0.727. The number of nitrogens with zero attached hydrogens (tertiary/aromatic N) is 1. The van der Waals surface area contributed by atoms with Crippen LogP contribution in [0, 0.1) is 0 Å². The Morgan fingerprint density at radius 1 is 1.29 bits per heavy atom. The van der Waals surface area contributed by atoms with Crippen molar-refractivity contribution in [3.05, 3.63) is 34.7 Å². The lowest BCUT2D eigenvalue weighted by atomic mass is 10.3. The van der Waals surface area contributed by atoms with Crippen LogP contribution in [0.3, 0.4) is 0 Å². The first-order valence-corrected chi connectivity index (χ1v) is 9.50. The number of carbonyl (C=O) groups is 2. The number of carbonyl (C=O) groups excluding carboxylic acids is 2. The summed E-state index contributed by atoms with van der Waals surface area (Å²) >= 11 is 6.30. The van der Waals surface area contributed by atoms with E-state index in [9.17, 15) is 18.0 Å². The highest BCUT2D eigenvalue weighted by Crippen LogP contribution is 2.32. The molecule has 1 aliphatic rings. The smallest absolute Gasteiger partial charge is 0.266 e. The van der Waals surface area contributed by atoms with Crippen molar-refractivity contribution in [1.29, 1.82) is 0 Å². The van der Waals surface area contributed by atoms with Crippen molar-refractivity contribution in [3.8, 4) is 0 Å². The Labute approximate surface area is 149 Å². The Morgan fingerprint density at radius 2 is 1.88 bits per heavy atom. The third-order valence-corrected chi connectivity index (χ3v) is 5.65. The maximum absolute atomic E-state index is 12.2. The highest BCUT2D eigenvalue weighted by molar-refractivity contribution is 8.26. The number of hydrogen-bond donors (Lipinski definition) is 2. The van der Waals surface area contributed by atoms with Gasteiger partial charge in [0.05, 0.1) is 9.80 Å². The van der Waals surface area contributed by atoms with Crippen molar-refractivity contribution in [3.63, 3.8) is 0 Å². The molecule has 7 nitrogen and oxygen atoms in total. The van der Waals surface area contributed by atoms with E-state index < -0.39 is 15.9 Å². The van der Waals surface area contributed by atoms with Crippen LogP contribution in [-0.2, 0) is 19.6 Å². The first kappa shape index (κ1) is 18.6. The molecule has 1 aromatic rings. The molecule has 3 N–H and O–H groups in total. The number of thioether (sulfide) groups is 1. The van der Waals surface area contributed by atoms with Gasteiger partial charge in [-0.25, -0.2) is 13.6 Å². The SMILES string of the molecule is CC(C)=C1SC(=S)N(CC(=O)Nc2ccc(S(N)(=O)=O)cc2)C1=O. The van der Waals surface area contributed by atoms with Gasteiger partial charge >= 0.3 is 0 Å². The number of allylic oxidation sites excluding steroid dienone is 1. The lowest BCUT2D eigenvalue weighted by molar-refractivity contribution is -0.126. The number of benzene rings is 1. The second-order valence-electron chi connectivity index (χ2n) is 5.21. The van der Waals surface area contributed by atoms with E-state index in [0.29, 0.717) is 14.9 Å². The summed E-state index contributed by atoms with van der Waals surface area (Å²) in [6, 6.07) is 5.40. The number of sulfonamides is 1. The van der Waals surface area contributed by atoms with Crippen molar-refractivity contribution >= 4 is 55.8 Å². The Kier molecular flexibility index (Phi) is 5.43. The normalized spacial score (nSPS) is 15.0. The van der Waals surface area contributed by atoms with Crippen LogP contribution < -0.4 is 10.5 Å². The summed E-state index contributed by atoms with van der Waals surface area (Å²) in [4.78, 5) is 26.0. The van der Waals surface area contributed by atoms with Gasteiger partial charge in [-0.2, -0.15) is 0 Å². The van der Waals surface area contributed by atoms with E-state index in [1.165, 1.54) is 40.9 Å². The Hall–Kier alpha value is -1.75. The Bertz CT molecular complexity index is 841. The molecule has 0 atom stereocenters. The molecule has 0 radical (unpaired) electrons. The molecule has 0 bridgehead atoms.